The van der Waals surface area contributed by atoms with Gasteiger partial charge in [0.15, 0.2) is 5.92 Å². The monoisotopic (exact) mass is 275 g/mol. The summed E-state index contributed by atoms with van der Waals surface area (Å²) in [6.45, 7) is 3.45. The van der Waals surface area contributed by atoms with Crippen LogP contribution in [0.2, 0.25) is 0 Å². The van der Waals surface area contributed by atoms with E-state index >= 15 is 0 Å². The second-order valence-electron chi connectivity index (χ2n) is 4.00. The van der Waals surface area contributed by atoms with Crippen LogP contribution in [0.5, 0.6) is 0 Å². The molecule has 98 valence electrons. The Labute approximate surface area is 106 Å². The third-order valence-electron chi connectivity index (χ3n) is 2.46. The van der Waals surface area contributed by atoms with E-state index in [2.05, 4.69) is 0 Å². The Morgan fingerprint density at radius 2 is 2.00 bits per heavy atom. The molecular weight excluding hydrogens is 263 g/mol. The van der Waals surface area contributed by atoms with Gasteiger partial charge < -0.3 is 0 Å². The lowest BCUT2D eigenvalue weighted by atomic mass is 10.2. The first kappa shape index (κ1) is 14.7. The highest BCUT2D eigenvalue weighted by Gasteiger charge is 2.41. The molecule has 0 aliphatic rings. The summed E-state index contributed by atoms with van der Waals surface area (Å²) in [7, 11) is -1.82. The number of rotatable bonds is 3. The molecule has 0 saturated carbocycles. The van der Waals surface area contributed by atoms with E-state index in [1.807, 2.05) is 0 Å². The number of benzene rings is 1. The van der Waals surface area contributed by atoms with Crippen LogP contribution in [0.25, 0.3) is 0 Å². The summed E-state index contributed by atoms with van der Waals surface area (Å²) in [6.07, 6.45) is -4.64. The van der Waals surface area contributed by atoms with Crippen LogP contribution in [-0.2, 0) is 10.8 Å². The Morgan fingerprint density at radius 3 is 2.50 bits per heavy atom. The van der Waals surface area contributed by atoms with Crippen molar-refractivity contribution in [3.63, 3.8) is 0 Å². The van der Waals surface area contributed by atoms with Crippen molar-refractivity contribution in [2.75, 3.05) is 5.75 Å². The quantitative estimate of drug-likeness (QED) is 0.850. The standard InChI is InChI=1S/C12H12F3NOS/c1-8-3-4-9(2)11(5-8)18(17)7-10(6-16)12(13,14)15/h3-5,10H,7H2,1-2H3. The molecule has 0 heterocycles. The Bertz CT molecular complexity index is 505. The molecule has 2 unspecified atom stereocenters. The predicted molar refractivity (Wildman–Crippen MR) is 62.3 cm³/mol. The van der Waals surface area contributed by atoms with Crippen LogP contribution in [0.4, 0.5) is 13.2 Å². The molecule has 0 aliphatic heterocycles. The van der Waals surface area contributed by atoms with E-state index in [-0.39, 0.29) is 0 Å². The average Bonchev–Trinajstić information content (AvgIpc) is 2.27. The highest BCUT2D eigenvalue weighted by molar-refractivity contribution is 7.85. The molecule has 1 aromatic carbocycles. The maximum atomic E-state index is 12.4. The summed E-state index contributed by atoms with van der Waals surface area (Å²) in [5, 5.41) is 8.48. The van der Waals surface area contributed by atoms with E-state index in [4.69, 9.17) is 5.26 Å². The van der Waals surface area contributed by atoms with Crippen LogP contribution < -0.4 is 0 Å². The third-order valence-corrected chi connectivity index (χ3v) is 4.02. The van der Waals surface area contributed by atoms with Crippen LogP contribution >= 0.6 is 0 Å². The molecule has 0 spiro atoms. The maximum Gasteiger partial charge on any atom is 0.405 e. The molecule has 0 aliphatic carbocycles. The van der Waals surface area contributed by atoms with Crippen molar-refractivity contribution >= 4 is 10.8 Å². The van der Waals surface area contributed by atoms with E-state index in [1.165, 1.54) is 0 Å². The number of aryl methyl sites for hydroxylation is 2. The predicted octanol–water partition coefficient (Wildman–Crippen LogP) is 3.11. The summed E-state index contributed by atoms with van der Waals surface area (Å²) in [5.74, 6) is -2.91. The average molecular weight is 275 g/mol. The lowest BCUT2D eigenvalue weighted by molar-refractivity contribution is -0.153. The molecule has 0 bridgehead atoms. The fourth-order valence-corrected chi connectivity index (χ4v) is 2.89. The van der Waals surface area contributed by atoms with Crippen LogP contribution in [0.1, 0.15) is 11.1 Å². The number of halogens is 3. The topological polar surface area (TPSA) is 40.9 Å². The lowest BCUT2D eigenvalue weighted by Crippen LogP contribution is -2.27. The highest BCUT2D eigenvalue weighted by atomic mass is 32.2. The van der Waals surface area contributed by atoms with Crippen molar-refractivity contribution < 1.29 is 17.4 Å². The normalized spacial score (nSPS) is 14.9. The van der Waals surface area contributed by atoms with Gasteiger partial charge in [0.25, 0.3) is 0 Å². The van der Waals surface area contributed by atoms with Crippen LogP contribution in [0.15, 0.2) is 23.1 Å². The molecule has 0 fully saturated rings. The first-order valence-corrected chi connectivity index (χ1v) is 6.49. The van der Waals surface area contributed by atoms with Crippen molar-refractivity contribution in [1.29, 1.82) is 5.26 Å². The van der Waals surface area contributed by atoms with E-state index in [0.29, 0.717) is 10.5 Å². The molecule has 1 rings (SSSR count). The number of alkyl halides is 3. The van der Waals surface area contributed by atoms with E-state index in [1.54, 1.807) is 32.0 Å². The van der Waals surface area contributed by atoms with Gasteiger partial charge in [-0.05, 0) is 31.0 Å². The van der Waals surface area contributed by atoms with Gasteiger partial charge in [-0.2, -0.15) is 18.4 Å². The van der Waals surface area contributed by atoms with Gasteiger partial charge in [0, 0.05) is 4.90 Å². The summed E-state index contributed by atoms with van der Waals surface area (Å²) in [4.78, 5) is 0.361. The molecule has 2 nitrogen and oxygen atoms in total. The minimum Gasteiger partial charge on any atom is -0.254 e. The third kappa shape index (κ3) is 3.57. The first-order valence-electron chi connectivity index (χ1n) is 5.17. The number of hydrogen-bond acceptors (Lipinski definition) is 2. The minimum absolute atomic E-state index is 0.361. The molecule has 0 amide bonds. The Balaban J connectivity index is 2.96. The Hall–Kier alpha value is -1.35. The molecule has 0 N–H and O–H groups in total. The van der Waals surface area contributed by atoms with Crippen molar-refractivity contribution in [2.45, 2.75) is 24.9 Å². The first-order chi connectivity index (χ1) is 8.25. The second-order valence-corrected chi connectivity index (χ2v) is 5.47. The van der Waals surface area contributed by atoms with Crippen LogP contribution in [0, 0.1) is 31.1 Å². The maximum absolute atomic E-state index is 12.4. The van der Waals surface area contributed by atoms with E-state index in [0.717, 1.165) is 11.6 Å². The zero-order valence-electron chi connectivity index (χ0n) is 9.91. The largest absolute Gasteiger partial charge is 0.405 e. The van der Waals surface area contributed by atoms with Crippen LogP contribution in [0.3, 0.4) is 0 Å². The van der Waals surface area contributed by atoms with Crippen molar-refractivity contribution in [3.05, 3.63) is 29.3 Å². The van der Waals surface area contributed by atoms with Gasteiger partial charge >= 0.3 is 6.18 Å². The van der Waals surface area contributed by atoms with Gasteiger partial charge in [-0.3, -0.25) is 4.21 Å². The summed E-state index contributed by atoms with van der Waals surface area (Å²) < 4.78 is 49.2. The molecule has 6 heteroatoms. The fourth-order valence-electron chi connectivity index (χ4n) is 1.40. The number of nitriles is 1. The smallest absolute Gasteiger partial charge is 0.254 e. The zero-order valence-corrected chi connectivity index (χ0v) is 10.7. The molecule has 0 saturated heterocycles. The Morgan fingerprint density at radius 1 is 1.39 bits per heavy atom. The SMILES string of the molecule is Cc1ccc(C)c(S(=O)CC(C#N)C(F)(F)F)c1. The van der Waals surface area contributed by atoms with Gasteiger partial charge in [0.2, 0.25) is 0 Å². The second kappa shape index (κ2) is 5.53. The van der Waals surface area contributed by atoms with Gasteiger partial charge in [0.1, 0.15) is 0 Å². The summed E-state index contributed by atoms with van der Waals surface area (Å²) in [6, 6.07) is 6.25. The minimum atomic E-state index is -4.64. The van der Waals surface area contributed by atoms with Crippen molar-refractivity contribution in [2.24, 2.45) is 5.92 Å². The highest BCUT2D eigenvalue weighted by Crippen LogP contribution is 2.28. The summed E-state index contributed by atoms with van der Waals surface area (Å²) in [5.41, 5.74) is 1.49. The van der Waals surface area contributed by atoms with Gasteiger partial charge in [-0.15, -0.1) is 0 Å². The van der Waals surface area contributed by atoms with Crippen molar-refractivity contribution in [1.82, 2.24) is 0 Å². The molecule has 1 aromatic rings. The summed E-state index contributed by atoms with van der Waals surface area (Å²) >= 11 is 0. The van der Waals surface area contributed by atoms with Gasteiger partial charge in [0.05, 0.1) is 22.6 Å². The molecule has 0 aromatic heterocycles. The van der Waals surface area contributed by atoms with E-state index < -0.39 is 28.6 Å². The van der Waals surface area contributed by atoms with Gasteiger partial charge in [-0.25, -0.2) is 0 Å². The molecule has 0 radical (unpaired) electrons. The number of nitrogens with zero attached hydrogens (tertiary/aromatic N) is 1. The number of hydrogen-bond donors (Lipinski definition) is 0. The van der Waals surface area contributed by atoms with Crippen LogP contribution in [-0.4, -0.2) is 16.1 Å². The van der Waals surface area contributed by atoms with Gasteiger partial charge in [-0.1, -0.05) is 12.1 Å². The van der Waals surface area contributed by atoms with E-state index in [9.17, 15) is 17.4 Å². The van der Waals surface area contributed by atoms with Crippen molar-refractivity contribution in [3.8, 4) is 6.07 Å². The molecular formula is C12H12F3NOS. The zero-order chi connectivity index (χ0) is 13.9. The molecule has 18 heavy (non-hydrogen) atoms. The Kier molecular flexibility index (Phi) is 4.52. The fraction of sp³-hybridized carbons (Fsp3) is 0.417. The lowest BCUT2D eigenvalue weighted by Gasteiger charge is -2.13. The molecule has 2 atom stereocenters.